The highest BCUT2D eigenvalue weighted by Crippen LogP contribution is 2.39. The van der Waals surface area contributed by atoms with Crippen molar-refractivity contribution in [1.82, 2.24) is 4.90 Å². The Morgan fingerprint density at radius 2 is 2.00 bits per heavy atom. The molecule has 2 fully saturated rings. The first-order valence-corrected chi connectivity index (χ1v) is 6.41. The van der Waals surface area contributed by atoms with Crippen LogP contribution in [0.5, 0.6) is 0 Å². The molecule has 1 amide bonds. The molecule has 20 heavy (non-hydrogen) atoms. The summed E-state index contributed by atoms with van der Waals surface area (Å²) >= 11 is 0. The molecular formula is C13H12F2N2O3. The minimum Gasteiger partial charge on any atom is -0.335 e. The molecule has 5 nitrogen and oxygen atoms in total. The smallest absolute Gasteiger partial charge is 0.285 e. The lowest BCUT2D eigenvalue weighted by molar-refractivity contribution is -0.385. The zero-order valence-electron chi connectivity index (χ0n) is 10.5. The Morgan fingerprint density at radius 3 is 2.55 bits per heavy atom. The summed E-state index contributed by atoms with van der Waals surface area (Å²) in [5.41, 5.74) is -1.06. The highest BCUT2D eigenvalue weighted by molar-refractivity contribution is 5.98. The van der Waals surface area contributed by atoms with Gasteiger partial charge in [-0.25, -0.2) is 8.78 Å². The fraction of sp³-hybridized carbons (Fsp3) is 0.462. The van der Waals surface area contributed by atoms with E-state index in [1.165, 1.54) is 0 Å². The Labute approximate surface area is 113 Å². The molecule has 2 atom stereocenters. The van der Waals surface area contributed by atoms with E-state index in [1.807, 2.05) is 0 Å². The molecule has 0 N–H and O–H groups in total. The van der Waals surface area contributed by atoms with Crippen LogP contribution in [-0.4, -0.2) is 28.3 Å². The first kappa shape index (κ1) is 13.0. The van der Waals surface area contributed by atoms with Gasteiger partial charge in [0.05, 0.1) is 11.0 Å². The molecule has 1 aromatic rings. The topological polar surface area (TPSA) is 63.4 Å². The van der Waals surface area contributed by atoms with Crippen molar-refractivity contribution in [2.75, 3.05) is 6.54 Å². The van der Waals surface area contributed by atoms with E-state index in [2.05, 4.69) is 0 Å². The summed E-state index contributed by atoms with van der Waals surface area (Å²) in [6.45, 7) is 0.541. The summed E-state index contributed by atoms with van der Waals surface area (Å²) in [6.07, 6.45) is 2.81. The Morgan fingerprint density at radius 1 is 1.30 bits per heavy atom. The summed E-state index contributed by atoms with van der Waals surface area (Å²) in [4.78, 5) is 24.0. The van der Waals surface area contributed by atoms with Gasteiger partial charge in [-0.05, 0) is 31.2 Å². The number of nitro benzene ring substituents is 1. The summed E-state index contributed by atoms with van der Waals surface area (Å²) in [7, 11) is 0. The summed E-state index contributed by atoms with van der Waals surface area (Å²) in [6, 6.07) is 1.17. The van der Waals surface area contributed by atoms with Crippen LogP contribution in [0.1, 0.15) is 29.6 Å². The number of carbonyl (C=O) groups excluding carboxylic acids is 1. The molecule has 2 bridgehead atoms. The largest absolute Gasteiger partial charge is 0.335 e. The Kier molecular flexibility index (Phi) is 2.92. The zero-order valence-corrected chi connectivity index (χ0v) is 10.5. The Hall–Kier alpha value is -2.05. The highest BCUT2D eigenvalue weighted by Gasteiger charge is 2.42. The second-order valence-corrected chi connectivity index (χ2v) is 5.33. The number of nitro groups is 1. The van der Waals surface area contributed by atoms with E-state index in [4.69, 9.17) is 0 Å². The number of hydrogen-bond acceptors (Lipinski definition) is 3. The number of hydrogen-bond donors (Lipinski definition) is 0. The van der Waals surface area contributed by atoms with Gasteiger partial charge in [-0.15, -0.1) is 0 Å². The molecule has 106 valence electrons. The molecule has 1 heterocycles. The van der Waals surface area contributed by atoms with E-state index in [-0.39, 0.29) is 11.6 Å². The van der Waals surface area contributed by atoms with E-state index in [0.717, 1.165) is 19.3 Å². The maximum absolute atomic E-state index is 13.3. The van der Waals surface area contributed by atoms with Gasteiger partial charge in [-0.1, -0.05) is 0 Å². The van der Waals surface area contributed by atoms with Crippen molar-refractivity contribution in [3.63, 3.8) is 0 Å². The molecule has 1 saturated carbocycles. The van der Waals surface area contributed by atoms with Crippen LogP contribution in [0.4, 0.5) is 14.5 Å². The molecule has 1 aromatic carbocycles. The van der Waals surface area contributed by atoms with Crippen molar-refractivity contribution in [3.05, 3.63) is 39.4 Å². The van der Waals surface area contributed by atoms with Gasteiger partial charge in [0.2, 0.25) is 0 Å². The van der Waals surface area contributed by atoms with Crippen LogP contribution in [0.2, 0.25) is 0 Å². The van der Waals surface area contributed by atoms with Crippen LogP contribution in [0.15, 0.2) is 12.1 Å². The van der Waals surface area contributed by atoms with E-state index in [0.29, 0.717) is 24.6 Å². The molecule has 1 aliphatic carbocycles. The van der Waals surface area contributed by atoms with Gasteiger partial charge < -0.3 is 4.90 Å². The van der Waals surface area contributed by atoms with Crippen molar-refractivity contribution in [2.24, 2.45) is 5.92 Å². The van der Waals surface area contributed by atoms with Crippen molar-refractivity contribution in [3.8, 4) is 0 Å². The van der Waals surface area contributed by atoms with Gasteiger partial charge in [0.25, 0.3) is 11.6 Å². The number of carbonyl (C=O) groups is 1. The third-order valence-electron chi connectivity index (χ3n) is 4.14. The lowest BCUT2D eigenvalue weighted by Crippen LogP contribution is -2.38. The van der Waals surface area contributed by atoms with Crippen molar-refractivity contribution >= 4 is 11.6 Å². The van der Waals surface area contributed by atoms with E-state index in [1.54, 1.807) is 4.90 Å². The molecular weight excluding hydrogens is 270 g/mol. The normalized spacial score (nSPS) is 24.2. The van der Waals surface area contributed by atoms with Crippen LogP contribution in [-0.2, 0) is 0 Å². The highest BCUT2D eigenvalue weighted by atomic mass is 19.2. The molecule has 3 rings (SSSR count). The third-order valence-corrected chi connectivity index (χ3v) is 4.14. The van der Waals surface area contributed by atoms with Gasteiger partial charge in [0.1, 0.15) is 5.56 Å². The predicted octanol–water partition coefficient (Wildman–Crippen LogP) is 2.50. The number of benzene rings is 1. The van der Waals surface area contributed by atoms with E-state index in [9.17, 15) is 23.7 Å². The van der Waals surface area contributed by atoms with Crippen LogP contribution in [0.25, 0.3) is 0 Å². The number of piperidine rings is 1. The second-order valence-electron chi connectivity index (χ2n) is 5.33. The minimum atomic E-state index is -1.32. The van der Waals surface area contributed by atoms with Gasteiger partial charge in [-0.3, -0.25) is 14.9 Å². The monoisotopic (exact) mass is 282 g/mol. The number of amides is 1. The standard InChI is InChI=1S/C13H12F2N2O3/c14-10-4-9(12(17(19)20)5-11(10)15)13(18)16-6-7-1-2-8(16)3-7/h4-5,7-8H,1-3,6H2. The first-order valence-electron chi connectivity index (χ1n) is 6.41. The van der Waals surface area contributed by atoms with Gasteiger partial charge in [-0.2, -0.15) is 0 Å². The molecule has 0 spiro atoms. The number of nitrogens with zero attached hydrogens (tertiary/aromatic N) is 2. The van der Waals surface area contributed by atoms with Crippen LogP contribution in [0, 0.1) is 27.7 Å². The summed E-state index contributed by atoms with van der Waals surface area (Å²) in [5, 5.41) is 10.9. The molecule has 7 heteroatoms. The third kappa shape index (κ3) is 1.93. The molecule has 0 aromatic heterocycles. The minimum absolute atomic E-state index is 0.0696. The molecule has 2 aliphatic rings. The fourth-order valence-corrected chi connectivity index (χ4v) is 3.19. The number of likely N-dealkylation sites (tertiary alicyclic amines) is 1. The average molecular weight is 282 g/mol. The lowest BCUT2D eigenvalue weighted by atomic mass is 10.1. The van der Waals surface area contributed by atoms with Crippen LogP contribution in [0.3, 0.4) is 0 Å². The first-order chi connectivity index (χ1) is 9.47. The number of halogens is 2. The van der Waals surface area contributed by atoms with Crippen molar-refractivity contribution in [2.45, 2.75) is 25.3 Å². The van der Waals surface area contributed by atoms with Crippen molar-refractivity contribution in [1.29, 1.82) is 0 Å². The lowest BCUT2D eigenvalue weighted by Gasteiger charge is -2.26. The average Bonchev–Trinajstić information content (AvgIpc) is 3.02. The molecule has 2 unspecified atom stereocenters. The summed E-state index contributed by atoms with van der Waals surface area (Å²) in [5.74, 6) is -2.73. The summed E-state index contributed by atoms with van der Waals surface area (Å²) < 4.78 is 26.4. The number of rotatable bonds is 2. The second kappa shape index (κ2) is 4.50. The maximum atomic E-state index is 13.3. The van der Waals surface area contributed by atoms with E-state index >= 15 is 0 Å². The van der Waals surface area contributed by atoms with Gasteiger partial charge in [0.15, 0.2) is 11.6 Å². The Balaban J connectivity index is 1.99. The Bertz CT molecular complexity index is 606. The number of fused-ring (bicyclic) bond motifs is 2. The predicted molar refractivity (Wildman–Crippen MR) is 65.2 cm³/mol. The molecule has 1 saturated heterocycles. The van der Waals surface area contributed by atoms with Gasteiger partial charge in [0, 0.05) is 12.6 Å². The van der Waals surface area contributed by atoms with Crippen molar-refractivity contribution < 1.29 is 18.5 Å². The molecule has 1 aliphatic heterocycles. The maximum Gasteiger partial charge on any atom is 0.285 e. The zero-order chi connectivity index (χ0) is 14.4. The molecule has 0 radical (unpaired) electrons. The van der Waals surface area contributed by atoms with Gasteiger partial charge >= 0.3 is 0 Å². The quantitative estimate of drug-likeness (QED) is 0.618. The fourth-order valence-electron chi connectivity index (χ4n) is 3.19. The van der Waals surface area contributed by atoms with E-state index < -0.39 is 28.2 Å². The van der Waals surface area contributed by atoms with Crippen LogP contribution < -0.4 is 0 Å². The van der Waals surface area contributed by atoms with Crippen LogP contribution >= 0.6 is 0 Å². The SMILES string of the molecule is O=C(c1cc(F)c(F)cc1[N+](=O)[O-])N1CC2CCC1C2.